The Labute approximate surface area is 201 Å². The summed E-state index contributed by atoms with van der Waals surface area (Å²) in [7, 11) is 0. The van der Waals surface area contributed by atoms with Gasteiger partial charge in [-0.25, -0.2) is 0 Å². The molecule has 5 aromatic rings. The molecule has 34 heavy (non-hydrogen) atoms. The Morgan fingerprint density at radius 2 is 1.00 bits per heavy atom. The molecule has 0 saturated heterocycles. The van der Waals surface area contributed by atoms with Gasteiger partial charge in [0.15, 0.2) is 0 Å². The van der Waals surface area contributed by atoms with E-state index in [1.54, 1.807) is 0 Å². The van der Waals surface area contributed by atoms with Crippen molar-refractivity contribution in [2.45, 2.75) is 51.4 Å². The molecule has 1 aromatic heterocycles. The molecule has 0 spiro atoms. The Balaban J connectivity index is 1.54. The maximum atomic E-state index is 4.99. The summed E-state index contributed by atoms with van der Waals surface area (Å²) < 4.78 is 0. The minimum absolute atomic E-state index is 1.12. The molecule has 0 unspecified atom stereocenters. The summed E-state index contributed by atoms with van der Waals surface area (Å²) in [5.74, 6) is 0. The molecule has 0 aliphatic heterocycles. The normalized spacial score (nSPS) is 15.3. The van der Waals surface area contributed by atoms with Crippen LogP contribution < -0.4 is 0 Å². The van der Waals surface area contributed by atoms with Crippen molar-refractivity contribution in [3.63, 3.8) is 0 Å². The predicted molar refractivity (Wildman–Crippen MR) is 143 cm³/mol. The minimum Gasteiger partial charge on any atom is -0.256 e. The molecule has 2 aliphatic rings. The molecule has 1 heterocycles. The van der Waals surface area contributed by atoms with Crippen molar-refractivity contribution in [2.24, 2.45) is 0 Å². The molecular weight excluding hydrogens is 410 g/mol. The zero-order valence-corrected chi connectivity index (χ0v) is 19.6. The fraction of sp³-hybridized carbons (Fsp3) is 0.242. The molecule has 0 saturated carbocycles. The van der Waals surface area contributed by atoms with Crippen LogP contribution >= 0.6 is 0 Å². The van der Waals surface area contributed by atoms with Gasteiger partial charge in [-0.05, 0) is 107 Å². The van der Waals surface area contributed by atoms with E-state index < -0.39 is 0 Å². The third-order valence-electron chi connectivity index (χ3n) is 8.05. The molecule has 0 radical (unpaired) electrons. The fourth-order valence-corrected chi connectivity index (χ4v) is 6.38. The van der Waals surface area contributed by atoms with Gasteiger partial charge in [-0.1, -0.05) is 66.7 Å². The molecule has 1 heteroatoms. The van der Waals surface area contributed by atoms with Crippen LogP contribution in [0.3, 0.4) is 0 Å². The highest BCUT2D eigenvalue weighted by Crippen LogP contribution is 2.44. The number of hydrogen-bond donors (Lipinski definition) is 0. The van der Waals surface area contributed by atoms with Gasteiger partial charge in [0.05, 0.1) is 5.52 Å². The molecule has 0 atom stereocenters. The number of pyridine rings is 1. The van der Waals surface area contributed by atoms with Crippen molar-refractivity contribution >= 4 is 21.7 Å². The molecule has 7 rings (SSSR count). The second-order valence-electron chi connectivity index (χ2n) is 10.1. The summed E-state index contributed by atoms with van der Waals surface area (Å²) in [5, 5.41) is 3.88. The van der Waals surface area contributed by atoms with Crippen LogP contribution in [0.1, 0.15) is 47.9 Å². The van der Waals surface area contributed by atoms with Gasteiger partial charge in [0.2, 0.25) is 0 Å². The molecule has 4 aromatic carbocycles. The Morgan fingerprint density at radius 1 is 0.471 bits per heavy atom. The van der Waals surface area contributed by atoms with E-state index in [1.165, 1.54) is 112 Å². The Hall–Kier alpha value is -3.45. The lowest BCUT2D eigenvalue weighted by Gasteiger charge is -2.21. The summed E-state index contributed by atoms with van der Waals surface area (Å²) in [6.07, 6.45) is 12.0. The van der Waals surface area contributed by atoms with Crippen molar-refractivity contribution in [3.8, 4) is 22.3 Å². The lowest BCUT2D eigenvalue weighted by molar-refractivity contribution is 0.686. The van der Waals surface area contributed by atoms with Crippen molar-refractivity contribution in [1.82, 2.24) is 4.98 Å². The fourth-order valence-electron chi connectivity index (χ4n) is 6.38. The average Bonchev–Trinajstić information content (AvgIpc) is 2.91. The number of hydrogen-bond acceptors (Lipinski definition) is 1. The zero-order chi connectivity index (χ0) is 22.5. The van der Waals surface area contributed by atoms with E-state index in [4.69, 9.17) is 4.98 Å². The summed E-state index contributed by atoms with van der Waals surface area (Å²) in [6.45, 7) is 0. The lowest BCUT2D eigenvalue weighted by atomic mass is 9.84. The maximum absolute atomic E-state index is 4.99. The van der Waals surface area contributed by atoms with Crippen LogP contribution in [0.4, 0.5) is 0 Å². The van der Waals surface area contributed by atoms with Gasteiger partial charge in [-0.2, -0.15) is 0 Å². The van der Waals surface area contributed by atoms with Gasteiger partial charge in [0.25, 0.3) is 0 Å². The van der Waals surface area contributed by atoms with Gasteiger partial charge >= 0.3 is 0 Å². The molecule has 0 amide bonds. The molecule has 0 fully saturated rings. The summed E-state index contributed by atoms with van der Waals surface area (Å²) >= 11 is 0. The molecule has 2 aliphatic carbocycles. The van der Waals surface area contributed by atoms with E-state index in [-0.39, 0.29) is 0 Å². The highest BCUT2D eigenvalue weighted by atomic mass is 14.7. The quantitative estimate of drug-likeness (QED) is 0.251. The first kappa shape index (κ1) is 20.0. The summed E-state index contributed by atoms with van der Waals surface area (Å²) in [5.41, 5.74) is 12.5. The van der Waals surface area contributed by atoms with Crippen LogP contribution in [0.25, 0.3) is 43.9 Å². The number of aromatic nitrogens is 1. The van der Waals surface area contributed by atoms with Crippen molar-refractivity contribution < 1.29 is 0 Å². The van der Waals surface area contributed by atoms with Crippen molar-refractivity contribution in [1.29, 1.82) is 0 Å². The largest absolute Gasteiger partial charge is 0.256 e. The molecule has 1 nitrogen and oxygen atoms in total. The summed E-state index contributed by atoms with van der Waals surface area (Å²) in [6, 6.07) is 27.6. The first-order valence-electron chi connectivity index (χ1n) is 12.9. The predicted octanol–water partition coefficient (Wildman–Crippen LogP) is 8.48. The smallest absolute Gasteiger partial charge is 0.0792 e. The van der Waals surface area contributed by atoms with E-state index in [9.17, 15) is 0 Å². The first-order chi connectivity index (χ1) is 16.9. The minimum atomic E-state index is 1.12. The highest BCUT2D eigenvalue weighted by molar-refractivity contribution is 6.20. The molecule has 166 valence electrons. The zero-order valence-electron chi connectivity index (χ0n) is 19.6. The van der Waals surface area contributed by atoms with Crippen LogP contribution in [0, 0.1) is 0 Å². The van der Waals surface area contributed by atoms with Gasteiger partial charge in [-0.15, -0.1) is 0 Å². The standard InChI is InChI=1S/C33H29N/c1-3-10-24-20-26(17-15-22(24)8-1)31-28-12-5-6-13-29(28)32(33-30(31)14-7-19-34-33)27-18-16-23-9-2-4-11-25(23)21-27/h5-7,12-21H,1-4,8-11H2. The van der Waals surface area contributed by atoms with E-state index in [0.717, 1.165) is 5.52 Å². The van der Waals surface area contributed by atoms with Gasteiger partial charge < -0.3 is 0 Å². The van der Waals surface area contributed by atoms with Crippen LogP contribution in [-0.4, -0.2) is 4.98 Å². The Kier molecular flexibility index (Phi) is 4.75. The van der Waals surface area contributed by atoms with E-state index >= 15 is 0 Å². The van der Waals surface area contributed by atoms with E-state index in [0.29, 0.717) is 0 Å². The van der Waals surface area contributed by atoms with Crippen molar-refractivity contribution in [3.05, 3.63) is 101 Å². The van der Waals surface area contributed by atoms with Crippen molar-refractivity contribution in [2.75, 3.05) is 0 Å². The monoisotopic (exact) mass is 439 g/mol. The number of nitrogens with zero attached hydrogens (tertiary/aromatic N) is 1. The van der Waals surface area contributed by atoms with Crippen LogP contribution in [0.15, 0.2) is 79.0 Å². The average molecular weight is 440 g/mol. The van der Waals surface area contributed by atoms with E-state index in [2.05, 4.69) is 72.8 Å². The van der Waals surface area contributed by atoms with Crippen LogP contribution in [0.2, 0.25) is 0 Å². The third kappa shape index (κ3) is 3.18. The van der Waals surface area contributed by atoms with Crippen LogP contribution in [0.5, 0.6) is 0 Å². The number of fused-ring (bicyclic) bond motifs is 4. The molecular formula is C33H29N. The number of rotatable bonds is 2. The summed E-state index contributed by atoms with van der Waals surface area (Å²) in [4.78, 5) is 4.99. The second-order valence-corrected chi connectivity index (χ2v) is 10.1. The lowest BCUT2D eigenvalue weighted by Crippen LogP contribution is -2.03. The highest BCUT2D eigenvalue weighted by Gasteiger charge is 2.20. The number of aryl methyl sites for hydroxylation is 4. The van der Waals surface area contributed by atoms with E-state index in [1.807, 2.05) is 6.20 Å². The molecule has 0 N–H and O–H groups in total. The van der Waals surface area contributed by atoms with Gasteiger partial charge in [0, 0.05) is 17.1 Å². The first-order valence-corrected chi connectivity index (χ1v) is 12.9. The third-order valence-corrected chi connectivity index (χ3v) is 8.05. The van der Waals surface area contributed by atoms with Gasteiger partial charge in [0.1, 0.15) is 0 Å². The Morgan fingerprint density at radius 3 is 1.65 bits per heavy atom. The SMILES string of the molecule is c1ccc2c(-c3ccc4c(c3)CCCC4)c3ncccc3c(-c3ccc4c(c3)CCCC4)c2c1. The second kappa shape index (κ2) is 8.09. The Bertz CT molecular complexity index is 1380. The maximum Gasteiger partial charge on any atom is 0.0792 e. The number of benzene rings is 4. The van der Waals surface area contributed by atoms with Gasteiger partial charge in [-0.3, -0.25) is 4.98 Å². The topological polar surface area (TPSA) is 12.9 Å². The molecule has 0 bridgehead atoms. The van der Waals surface area contributed by atoms with Crippen LogP contribution in [-0.2, 0) is 25.7 Å².